The van der Waals surface area contributed by atoms with Gasteiger partial charge in [-0.15, -0.1) is 0 Å². The SMILES string of the molecule is O=C(CN1CC2COCCN2c2nc(-c3cccc4[nH]ccc34)ncc21)NC1CC1. The molecule has 154 valence electrons. The largest absolute Gasteiger partial charge is 0.377 e. The Bertz CT molecular complexity index is 1110. The molecular formula is C22H24N6O2. The molecule has 1 amide bonds. The number of aromatic nitrogens is 3. The minimum absolute atomic E-state index is 0.0646. The number of anilines is 2. The second-order valence-electron chi connectivity index (χ2n) is 8.29. The van der Waals surface area contributed by atoms with Crippen molar-refractivity contribution in [1.82, 2.24) is 20.3 Å². The van der Waals surface area contributed by atoms with Gasteiger partial charge in [-0.3, -0.25) is 4.79 Å². The number of carbonyl (C=O) groups is 1. The van der Waals surface area contributed by atoms with E-state index in [-0.39, 0.29) is 11.9 Å². The normalized spacial score (nSPS) is 20.7. The summed E-state index contributed by atoms with van der Waals surface area (Å²) in [6.45, 7) is 3.19. The van der Waals surface area contributed by atoms with E-state index >= 15 is 0 Å². The fourth-order valence-corrected chi connectivity index (χ4v) is 4.47. The predicted molar refractivity (Wildman–Crippen MR) is 115 cm³/mol. The van der Waals surface area contributed by atoms with Gasteiger partial charge in [-0.1, -0.05) is 12.1 Å². The first-order valence-corrected chi connectivity index (χ1v) is 10.6. The number of fused-ring (bicyclic) bond motifs is 4. The molecule has 0 bridgehead atoms. The summed E-state index contributed by atoms with van der Waals surface area (Å²) in [6, 6.07) is 8.72. The van der Waals surface area contributed by atoms with E-state index in [9.17, 15) is 4.79 Å². The maximum absolute atomic E-state index is 12.5. The Morgan fingerprint density at radius 3 is 3.13 bits per heavy atom. The smallest absolute Gasteiger partial charge is 0.239 e. The van der Waals surface area contributed by atoms with Gasteiger partial charge in [0.15, 0.2) is 11.6 Å². The molecule has 30 heavy (non-hydrogen) atoms. The van der Waals surface area contributed by atoms with Crippen molar-refractivity contribution >= 4 is 28.3 Å². The quantitative estimate of drug-likeness (QED) is 0.691. The zero-order valence-corrected chi connectivity index (χ0v) is 16.7. The van der Waals surface area contributed by atoms with Crippen LogP contribution in [0.25, 0.3) is 22.3 Å². The molecule has 4 heterocycles. The van der Waals surface area contributed by atoms with Gasteiger partial charge in [0, 0.05) is 41.8 Å². The van der Waals surface area contributed by atoms with Crippen molar-refractivity contribution in [2.24, 2.45) is 0 Å². The highest BCUT2D eigenvalue weighted by Gasteiger charge is 2.36. The average Bonchev–Trinajstić information content (AvgIpc) is 3.44. The molecule has 1 aromatic carbocycles. The summed E-state index contributed by atoms with van der Waals surface area (Å²) in [5.74, 6) is 1.66. The van der Waals surface area contributed by atoms with Crippen LogP contribution in [0.4, 0.5) is 11.5 Å². The lowest BCUT2D eigenvalue weighted by molar-refractivity contribution is -0.119. The highest BCUT2D eigenvalue weighted by molar-refractivity contribution is 5.94. The number of amides is 1. The zero-order chi connectivity index (χ0) is 20.1. The lowest BCUT2D eigenvalue weighted by atomic mass is 10.1. The van der Waals surface area contributed by atoms with Crippen LogP contribution < -0.4 is 15.1 Å². The van der Waals surface area contributed by atoms with Gasteiger partial charge in [-0.05, 0) is 25.0 Å². The standard InChI is InChI=1S/C22H24N6O2/c29-20(25-14-4-5-14)12-27-11-15-13-30-9-8-28(15)22-19(27)10-24-21(26-22)17-2-1-3-18-16(17)6-7-23-18/h1-3,6-7,10,14-15,23H,4-5,8-9,11-13H2,(H,25,29). The van der Waals surface area contributed by atoms with Gasteiger partial charge in [0.1, 0.15) is 0 Å². The molecule has 3 aromatic rings. The minimum Gasteiger partial charge on any atom is -0.377 e. The van der Waals surface area contributed by atoms with Gasteiger partial charge in [0.2, 0.25) is 5.91 Å². The Hall–Kier alpha value is -3.13. The molecule has 6 rings (SSSR count). The first-order valence-electron chi connectivity index (χ1n) is 10.6. The Morgan fingerprint density at radius 2 is 2.23 bits per heavy atom. The van der Waals surface area contributed by atoms with E-state index in [1.165, 1.54) is 0 Å². The third-order valence-electron chi connectivity index (χ3n) is 6.13. The number of nitrogens with one attached hydrogen (secondary N) is 2. The molecular weight excluding hydrogens is 380 g/mol. The Kier molecular flexibility index (Phi) is 4.12. The third kappa shape index (κ3) is 3.08. The number of hydrogen-bond donors (Lipinski definition) is 2. The lowest BCUT2D eigenvalue weighted by Gasteiger charge is -2.45. The van der Waals surface area contributed by atoms with Crippen LogP contribution in [0.2, 0.25) is 0 Å². The van der Waals surface area contributed by atoms with Gasteiger partial charge >= 0.3 is 0 Å². The van der Waals surface area contributed by atoms with Gasteiger partial charge < -0.3 is 24.8 Å². The molecule has 2 aromatic heterocycles. The minimum atomic E-state index is 0.0646. The van der Waals surface area contributed by atoms with Crippen molar-refractivity contribution in [2.75, 3.05) is 42.6 Å². The van der Waals surface area contributed by atoms with Crippen LogP contribution in [-0.4, -0.2) is 65.8 Å². The molecule has 8 heteroatoms. The van der Waals surface area contributed by atoms with Crippen molar-refractivity contribution in [3.63, 3.8) is 0 Å². The molecule has 2 fully saturated rings. The number of H-pyrrole nitrogens is 1. The molecule has 1 aliphatic carbocycles. The number of morpholine rings is 1. The van der Waals surface area contributed by atoms with E-state index in [1.807, 2.05) is 18.5 Å². The van der Waals surface area contributed by atoms with Crippen LogP contribution in [0.5, 0.6) is 0 Å². The summed E-state index contributed by atoms with van der Waals surface area (Å²) < 4.78 is 5.73. The van der Waals surface area contributed by atoms with Crippen molar-refractivity contribution in [3.05, 3.63) is 36.7 Å². The second kappa shape index (κ2) is 6.98. The van der Waals surface area contributed by atoms with Crippen LogP contribution in [0.1, 0.15) is 12.8 Å². The number of benzene rings is 1. The van der Waals surface area contributed by atoms with Gasteiger partial charge in [0.25, 0.3) is 0 Å². The van der Waals surface area contributed by atoms with Crippen LogP contribution in [-0.2, 0) is 9.53 Å². The van der Waals surface area contributed by atoms with Crippen molar-refractivity contribution < 1.29 is 9.53 Å². The molecule has 1 saturated carbocycles. The van der Waals surface area contributed by atoms with Crippen LogP contribution >= 0.6 is 0 Å². The molecule has 2 N–H and O–H groups in total. The van der Waals surface area contributed by atoms with Crippen molar-refractivity contribution in [2.45, 2.75) is 24.9 Å². The number of ether oxygens (including phenoxy) is 1. The topological polar surface area (TPSA) is 86.4 Å². The third-order valence-corrected chi connectivity index (χ3v) is 6.13. The molecule has 2 aliphatic heterocycles. The van der Waals surface area contributed by atoms with Gasteiger partial charge in [-0.2, -0.15) is 0 Å². The van der Waals surface area contributed by atoms with E-state index in [0.717, 1.165) is 53.9 Å². The van der Waals surface area contributed by atoms with E-state index < -0.39 is 0 Å². The lowest BCUT2D eigenvalue weighted by Crippen LogP contribution is -2.57. The van der Waals surface area contributed by atoms with E-state index in [1.54, 1.807) is 0 Å². The summed E-state index contributed by atoms with van der Waals surface area (Å²) in [7, 11) is 0. The van der Waals surface area contributed by atoms with E-state index in [0.29, 0.717) is 31.6 Å². The van der Waals surface area contributed by atoms with Crippen LogP contribution in [0, 0.1) is 0 Å². The summed E-state index contributed by atoms with van der Waals surface area (Å²) in [5.41, 5.74) is 2.99. The predicted octanol–water partition coefficient (Wildman–Crippen LogP) is 1.93. The molecule has 1 saturated heterocycles. The maximum Gasteiger partial charge on any atom is 0.239 e. The molecule has 0 spiro atoms. The molecule has 3 aliphatic rings. The summed E-state index contributed by atoms with van der Waals surface area (Å²) >= 11 is 0. The number of hydrogen-bond acceptors (Lipinski definition) is 6. The van der Waals surface area contributed by atoms with Crippen molar-refractivity contribution in [1.29, 1.82) is 0 Å². The number of rotatable bonds is 4. The number of carbonyl (C=O) groups excluding carboxylic acids is 1. The highest BCUT2D eigenvalue weighted by Crippen LogP contribution is 2.36. The maximum atomic E-state index is 12.5. The number of aromatic amines is 1. The fraction of sp³-hybridized carbons (Fsp3) is 0.409. The van der Waals surface area contributed by atoms with Crippen molar-refractivity contribution in [3.8, 4) is 11.4 Å². The Morgan fingerprint density at radius 1 is 1.30 bits per heavy atom. The second-order valence-corrected chi connectivity index (χ2v) is 8.29. The number of nitrogens with zero attached hydrogens (tertiary/aromatic N) is 4. The first-order chi connectivity index (χ1) is 14.8. The van der Waals surface area contributed by atoms with Gasteiger partial charge in [-0.25, -0.2) is 9.97 Å². The van der Waals surface area contributed by atoms with Gasteiger partial charge in [0.05, 0.1) is 37.7 Å². The summed E-state index contributed by atoms with van der Waals surface area (Å²) in [5, 5.41) is 4.19. The Labute approximate surface area is 174 Å². The monoisotopic (exact) mass is 404 g/mol. The molecule has 1 unspecified atom stereocenters. The average molecular weight is 404 g/mol. The first kappa shape index (κ1) is 17.7. The molecule has 0 radical (unpaired) electrons. The van der Waals surface area contributed by atoms with Crippen LogP contribution in [0.3, 0.4) is 0 Å². The van der Waals surface area contributed by atoms with Crippen LogP contribution in [0.15, 0.2) is 36.7 Å². The summed E-state index contributed by atoms with van der Waals surface area (Å²) in [4.78, 5) is 29.9. The van der Waals surface area contributed by atoms with E-state index in [4.69, 9.17) is 14.7 Å². The fourth-order valence-electron chi connectivity index (χ4n) is 4.47. The molecule has 1 atom stereocenters. The molecule has 8 nitrogen and oxygen atoms in total. The summed E-state index contributed by atoms with van der Waals surface area (Å²) in [6.07, 6.45) is 5.98. The Balaban J connectivity index is 1.39. The van der Waals surface area contributed by atoms with E-state index in [2.05, 4.69) is 38.3 Å². The highest BCUT2D eigenvalue weighted by atomic mass is 16.5. The zero-order valence-electron chi connectivity index (χ0n) is 16.7.